The highest BCUT2D eigenvalue weighted by Crippen LogP contribution is 2.30. The van der Waals surface area contributed by atoms with Gasteiger partial charge in [-0.3, -0.25) is 0 Å². The maximum Gasteiger partial charge on any atom is 0.135 e. The molecule has 0 spiro atoms. The van der Waals surface area contributed by atoms with E-state index in [4.69, 9.17) is 4.42 Å². The normalized spacial score (nSPS) is 15.3. The smallest absolute Gasteiger partial charge is 0.135 e. The quantitative estimate of drug-likeness (QED) is 0.761. The molecule has 0 saturated heterocycles. The molecule has 0 bridgehead atoms. The Bertz CT molecular complexity index is 845. The van der Waals surface area contributed by atoms with Gasteiger partial charge < -0.3 is 4.42 Å². The Morgan fingerprint density at radius 1 is 1.05 bits per heavy atom. The first-order chi connectivity index (χ1) is 10.4. The first-order valence-electron chi connectivity index (χ1n) is 7.45. The molecule has 1 N–H and O–H groups in total. The molecule has 116 valence electrons. The van der Waals surface area contributed by atoms with E-state index in [1.54, 1.807) is 0 Å². The molecule has 0 aliphatic heterocycles. The summed E-state index contributed by atoms with van der Waals surface area (Å²) in [5.74, 6) is 0. The molecule has 0 radical (unpaired) electrons. The van der Waals surface area contributed by atoms with Crippen LogP contribution in [0.3, 0.4) is 0 Å². The second kappa shape index (κ2) is 5.52. The van der Waals surface area contributed by atoms with E-state index in [0.29, 0.717) is 0 Å². The maximum atomic E-state index is 12.3. The third kappa shape index (κ3) is 2.81. The van der Waals surface area contributed by atoms with E-state index in [1.165, 1.54) is 0 Å². The lowest BCUT2D eigenvalue weighted by Gasteiger charge is -2.22. The molecule has 0 aliphatic rings. The van der Waals surface area contributed by atoms with Crippen LogP contribution in [0.4, 0.5) is 0 Å². The first kappa shape index (κ1) is 15.3. The lowest BCUT2D eigenvalue weighted by atomic mass is 10.1. The summed E-state index contributed by atoms with van der Waals surface area (Å²) >= 11 is 0. The van der Waals surface area contributed by atoms with Crippen molar-refractivity contribution < 1.29 is 8.63 Å². The van der Waals surface area contributed by atoms with Crippen molar-refractivity contribution in [3.8, 4) is 0 Å². The number of rotatable bonds is 3. The van der Waals surface area contributed by atoms with Crippen molar-refractivity contribution in [1.82, 2.24) is 4.72 Å². The molecular weight excluding hydrogens is 294 g/mol. The van der Waals surface area contributed by atoms with Gasteiger partial charge in [-0.15, -0.1) is 0 Å². The van der Waals surface area contributed by atoms with Gasteiger partial charge in [0.25, 0.3) is 0 Å². The molecule has 22 heavy (non-hydrogen) atoms. The molecule has 3 nitrogen and oxygen atoms in total. The number of para-hydroxylation sites is 1. The summed E-state index contributed by atoms with van der Waals surface area (Å²) in [5.41, 5.74) is 2.89. The zero-order valence-corrected chi connectivity index (χ0v) is 14.2. The molecule has 2 aromatic carbocycles. The molecule has 0 aliphatic carbocycles. The second-order valence-electron chi connectivity index (χ2n) is 6.57. The van der Waals surface area contributed by atoms with Crippen molar-refractivity contribution in [1.29, 1.82) is 0 Å². The van der Waals surface area contributed by atoms with E-state index in [0.717, 1.165) is 27.5 Å². The summed E-state index contributed by atoms with van der Waals surface area (Å²) in [6.45, 7) is 7.94. The fraction of sp³-hybridized carbons (Fsp3) is 0.333. The molecule has 1 unspecified atom stereocenters. The van der Waals surface area contributed by atoms with Gasteiger partial charge in [0, 0.05) is 16.8 Å². The lowest BCUT2D eigenvalue weighted by Crippen LogP contribution is -2.34. The average molecular weight is 315 g/mol. The van der Waals surface area contributed by atoms with Gasteiger partial charge in [0.1, 0.15) is 11.2 Å². The van der Waals surface area contributed by atoms with Crippen molar-refractivity contribution in [3.05, 3.63) is 48.0 Å². The standard InChI is InChI=1S/C18H21NO2S/c1-12(19-22(20)18(2,3)4)13-9-10-17-15(11-13)14-7-5-6-8-16(14)21-17/h5-12,19H,1-4H3/t12?,22-/m0/s1. The minimum Gasteiger partial charge on any atom is -0.456 e. The number of benzene rings is 2. The Labute approximate surface area is 133 Å². The Morgan fingerprint density at radius 2 is 1.73 bits per heavy atom. The van der Waals surface area contributed by atoms with Gasteiger partial charge >= 0.3 is 0 Å². The van der Waals surface area contributed by atoms with Crippen LogP contribution in [0.1, 0.15) is 39.3 Å². The SMILES string of the molecule is CC(N[S@@](=O)C(C)(C)C)c1ccc2oc3ccccc3c2c1. The number of nitrogens with one attached hydrogen (secondary N) is 1. The highest BCUT2D eigenvalue weighted by atomic mass is 32.2. The molecule has 2 atom stereocenters. The van der Waals surface area contributed by atoms with Crippen LogP contribution >= 0.6 is 0 Å². The van der Waals surface area contributed by atoms with Gasteiger partial charge in [-0.1, -0.05) is 24.3 Å². The molecule has 1 aromatic heterocycles. The van der Waals surface area contributed by atoms with Crippen LogP contribution in [0.5, 0.6) is 0 Å². The fourth-order valence-electron chi connectivity index (χ4n) is 2.42. The van der Waals surface area contributed by atoms with Crippen LogP contribution in [0, 0.1) is 0 Å². The highest BCUT2D eigenvalue weighted by Gasteiger charge is 2.22. The van der Waals surface area contributed by atoms with Crippen molar-refractivity contribution in [2.45, 2.75) is 38.5 Å². The molecule has 0 amide bonds. The van der Waals surface area contributed by atoms with E-state index in [2.05, 4.69) is 16.9 Å². The number of hydrogen-bond donors (Lipinski definition) is 1. The van der Waals surface area contributed by atoms with Crippen molar-refractivity contribution in [2.24, 2.45) is 0 Å². The summed E-state index contributed by atoms with van der Waals surface area (Å²) < 4.78 is 21.0. The summed E-state index contributed by atoms with van der Waals surface area (Å²) in [5, 5.41) is 2.21. The first-order valence-corrected chi connectivity index (χ1v) is 8.60. The van der Waals surface area contributed by atoms with Crippen LogP contribution in [0.25, 0.3) is 21.9 Å². The van der Waals surface area contributed by atoms with Gasteiger partial charge in [-0.2, -0.15) is 0 Å². The summed E-state index contributed by atoms with van der Waals surface area (Å²) in [6.07, 6.45) is 0. The summed E-state index contributed by atoms with van der Waals surface area (Å²) in [4.78, 5) is 0. The molecule has 0 fully saturated rings. The largest absolute Gasteiger partial charge is 0.456 e. The fourth-order valence-corrected chi connectivity index (χ4v) is 3.23. The molecule has 3 rings (SSSR count). The van der Waals surface area contributed by atoms with Crippen molar-refractivity contribution >= 4 is 32.9 Å². The molecule has 0 saturated carbocycles. The Kier molecular flexibility index (Phi) is 3.83. The van der Waals surface area contributed by atoms with Gasteiger partial charge in [0.15, 0.2) is 0 Å². The van der Waals surface area contributed by atoms with Gasteiger partial charge in [-0.25, -0.2) is 8.93 Å². The number of hydrogen-bond acceptors (Lipinski definition) is 2. The van der Waals surface area contributed by atoms with Gasteiger partial charge in [-0.05, 0) is 51.5 Å². The van der Waals surface area contributed by atoms with Crippen molar-refractivity contribution in [3.63, 3.8) is 0 Å². The van der Waals surface area contributed by atoms with E-state index < -0.39 is 11.0 Å². The average Bonchev–Trinajstić information content (AvgIpc) is 2.83. The van der Waals surface area contributed by atoms with Crippen LogP contribution < -0.4 is 4.72 Å². The van der Waals surface area contributed by atoms with Crippen LogP contribution in [0.2, 0.25) is 0 Å². The zero-order chi connectivity index (χ0) is 15.9. The summed E-state index contributed by atoms with van der Waals surface area (Å²) in [6, 6.07) is 14.2. The Hall–Kier alpha value is -1.65. The molecule has 4 heteroatoms. The van der Waals surface area contributed by atoms with Crippen LogP contribution in [-0.4, -0.2) is 8.96 Å². The van der Waals surface area contributed by atoms with Crippen LogP contribution in [0.15, 0.2) is 46.9 Å². The number of fused-ring (bicyclic) bond motifs is 3. The van der Waals surface area contributed by atoms with Crippen molar-refractivity contribution in [2.75, 3.05) is 0 Å². The maximum absolute atomic E-state index is 12.3. The topological polar surface area (TPSA) is 42.2 Å². The van der Waals surface area contributed by atoms with E-state index >= 15 is 0 Å². The highest BCUT2D eigenvalue weighted by molar-refractivity contribution is 7.84. The Morgan fingerprint density at radius 3 is 2.45 bits per heavy atom. The van der Waals surface area contributed by atoms with Gasteiger partial charge in [0.05, 0.1) is 15.7 Å². The van der Waals surface area contributed by atoms with E-state index in [1.807, 2.05) is 58.0 Å². The minimum absolute atomic E-state index is 0.0121. The molecule has 3 aromatic rings. The predicted octanol–water partition coefficient (Wildman–Crippen LogP) is 4.70. The predicted molar refractivity (Wildman–Crippen MR) is 93.2 cm³/mol. The monoisotopic (exact) mass is 315 g/mol. The molecule has 1 heterocycles. The van der Waals surface area contributed by atoms with Gasteiger partial charge in [0.2, 0.25) is 0 Å². The Balaban J connectivity index is 1.97. The molecular formula is C18H21NO2S. The van der Waals surface area contributed by atoms with Crippen LogP contribution in [-0.2, 0) is 11.0 Å². The second-order valence-corrected chi connectivity index (χ2v) is 8.57. The zero-order valence-electron chi connectivity index (χ0n) is 13.3. The lowest BCUT2D eigenvalue weighted by molar-refractivity contribution is 0.616. The summed E-state index contributed by atoms with van der Waals surface area (Å²) in [7, 11) is -1.09. The third-order valence-electron chi connectivity index (χ3n) is 3.74. The third-order valence-corrected chi connectivity index (χ3v) is 5.42. The number of furan rings is 1. The van der Waals surface area contributed by atoms with E-state index in [9.17, 15) is 4.21 Å². The minimum atomic E-state index is -1.09. The van der Waals surface area contributed by atoms with E-state index in [-0.39, 0.29) is 10.8 Å².